The molecule has 0 aromatic heterocycles. The molecule has 1 saturated heterocycles. The Bertz CT molecular complexity index is 689. The zero-order valence-corrected chi connectivity index (χ0v) is 12.3. The molecule has 21 heavy (non-hydrogen) atoms. The zero-order chi connectivity index (χ0) is 14.8. The maximum absolute atomic E-state index is 12.8. The van der Waals surface area contributed by atoms with E-state index >= 15 is 0 Å². The fraction of sp³-hybridized carbons (Fsp3) is 0.444. The number of aryl methyl sites for hydroxylation is 1. The number of ether oxygens (including phenoxy) is 1. The monoisotopic (exact) mass is 282 g/mol. The molecule has 1 aromatic rings. The van der Waals surface area contributed by atoms with Gasteiger partial charge < -0.3 is 4.74 Å². The van der Waals surface area contributed by atoms with Crippen molar-refractivity contribution >= 4 is 11.9 Å². The average Bonchev–Trinajstić information content (AvgIpc) is 2.74. The van der Waals surface area contributed by atoms with Gasteiger partial charge in [-0.05, 0) is 35.8 Å². The van der Waals surface area contributed by atoms with Crippen molar-refractivity contribution in [2.75, 3.05) is 0 Å². The largest absolute Gasteiger partial charge is 0.392 e. The Balaban J connectivity index is 2.12. The molecular formula is C18H18O3. The lowest BCUT2D eigenvalue weighted by Crippen LogP contribution is -2.59. The molecule has 0 saturated carbocycles. The van der Waals surface area contributed by atoms with Gasteiger partial charge in [-0.3, -0.25) is 9.59 Å². The van der Waals surface area contributed by atoms with Crippen molar-refractivity contribution < 1.29 is 14.3 Å². The molecule has 0 bridgehead atoms. The van der Waals surface area contributed by atoms with Gasteiger partial charge in [0, 0.05) is 0 Å². The van der Waals surface area contributed by atoms with Crippen LogP contribution in [0.2, 0.25) is 0 Å². The number of esters is 2. The van der Waals surface area contributed by atoms with E-state index < -0.39 is 10.8 Å². The second-order valence-electron chi connectivity index (χ2n) is 6.58. The first kappa shape index (κ1) is 12.8. The van der Waals surface area contributed by atoms with Crippen LogP contribution in [0.25, 0.3) is 0 Å². The van der Waals surface area contributed by atoms with E-state index in [0.717, 1.165) is 12.0 Å². The van der Waals surface area contributed by atoms with Crippen LogP contribution in [-0.4, -0.2) is 11.9 Å². The van der Waals surface area contributed by atoms with E-state index in [9.17, 15) is 9.59 Å². The Morgan fingerprint density at radius 1 is 1.05 bits per heavy atom. The average molecular weight is 282 g/mol. The van der Waals surface area contributed by atoms with Crippen LogP contribution in [0.5, 0.6) is 0 Å². The molecule has 0 amide bonds. The van der Waals surface area contributed by atoms with Gasteiger partial charge in [-0.25, -0.2) is 0 Å². The molecule has 1 aromatic carbocycles. The molecule has 2 aliphatic carbocycles. The summed E-state index contributed by atoms with van der Waals surface area (Å²) in [6, 6.07) is 8.03. The standard InChI is InChI=1S/C18H18O3/c1-11-7-8-12(2)18-14-6-4-3-5-13(14)9-10-17(11,18)15(19)21-16(18)20/h3-8,11-12H,9-10H2,1-2H3/t11-,12+,17+,18+/m1/s1. The minimum Gasteiger partial charge on any atom is -0.392 e. The van der Waals surface area contributed by atoms with Gasteiger partial charge in [0.1, 0.15) is 5.41 Å². The van der Waals surface area contributed by atoms with E-state index in [1.165, 1.54) is 5.56 Å². The lowest BCUT2D eigenvalue weighted by atomic mass is 9.45. The van der Waals surface area contributed by atoms with Gasteiger partial charge >= 0.3 is 11.9 Å². The predicted octanol–water partition coefficient (Wildman–Crippen LogP) is 2.78. The minimum atomic E-state index is -0.840. The SMILES string of the molecule is C[C@@H]1C=C[C@H](C)[C@]23C(=O)OC(=O)[C@]12CCc1ccccc13. The highest BCUT2D eigenvalue weighted by molar-refractivity contribution is 6.07. The Morgan fingerprint density at radius 3 is 2.57 bits per heavy atom. The highest BCUT2D eigenvalue weighted by Crippen LogP contribution is 2.64. The molecule has 4 atom stereocenters. The minimum absolute atomic E-state index is 0.0148. The summed E-state index contributed by atoms with van der Waals surface area (Å²) in [4.78, 5) is 25.5. The number of fused-ring (bicyclic) bond motifs is 1. The van der Waals surface area contributed by atoms with Crippen molar-refractivity contribution in [2.45, 2.75) is 32.1 Å². The second-order valence-corrected chi connectivity index (χ2v) is 6.58. The molecule has 1 aliphatic heterocycles. The van der Waals surface area contributed by atoms with Gasteiger partial charge in [0.05, 0.1) is 5.41 Å². The van der Waals surface area contributed by atoms with E-state index in [0.29, 0.717) is 6.42 Å². The maximum Gasteiger partial charge on any atom is 0.326 e. The zero-order valence-electron chi connectivity index (χ0n) is 12.3. The smallest absolute Gasteiger partial charge is 0.326 e. The van der Waals surface area contributed by atoms with Crippen LogP contribution in [-0.2, 0) is 26.2 Å². The van der Waals surface area contributed by atoms with E-state index in [2.05, 4.69) is 18.2 Å². The van der Waals surface area contributed by atoms with Crippen LogP contribution < -0.4 is 0 Å². The van der Waals surface area contributed by atoms with Crippen molar-refractivity contribution in [3.8, 4) is 0 Å². The van der Waals surface area contributed by atoms with Crippen molar-refractivity contribution in [3.63, 3.8) is 0 Å². The molecule has 1 fully saturated rings. The number of cyclic esters (lactones) is 2. The molecule has 1 heterocycles. The van der Waals surface area contributed by atoms with Crippen molar-refractivity contribution in [2.24, 2.45) is 17.3 Å². The first-order valence-corrected chi connectivity index (χ1v) is 7.58. The fourth-order valence-corrected chi connectivity index (χ4v) is 4.96. The van der Waals surface area contributed by atoms with E-state index in [-0.39, 0.29) is 23.8 Å². The van der Waals surface area contributed by atoms with Gasteiger partial charge in [0.15, 0.2) is 0 Å². The first-order valence-electron chi connectivity index (χ1n) is 7.58. The van der Waals surface area contributed by atoms with Crippen LogP contribution in [0.1, 0.15) is 31.4 Å². The van der Waals surface area contributed by atoms with Gasteiger partial charge in [-0.15, -0.1) is 0 Å². The summed E-state index contributed by atoms with van der Waals surface area (Å²) in [7, 11) is 0. The van der Waals surface area contributed by atoms with Gasteiger partial charge in [0.2, 0.25) is 0 Å². The summed E-state index contributed by atoms with van der Waals surface area (Å²) in [6.07, 6.45) is 5.66. The van der Waals surface area contributed by atoms with Crippen molar-refractivity contribution in [1.82, 2.24) is 0 Å². The van der Waals surface area contributed by atoms with Gasteiger partial charge in [-0.2, -0.15) is 0 Å². The maximum atomic E-state index is 12.8. The molecule has 0 unspecified atom stereocenters. The van der Waals surface area contributed by atoms with Crippen LogP contribution in [0.15, 0.2) is 36.4 Å². The number of carbonyl (C=O) groups excluding carboxylic acids is 2. The summed E-state index contributed by atoms with van der Waals surface area (Å²) in [5, 5.41) is 0. The number of allylic oxidation sites excluding steroid dienone is 2. The Kier molecular flexibility index (Phi) is 2.35. The summed E-state index contributed by atoms with van der Waals surface area (Å²) >= 11 is 0. The molecule has 0 spiro atoms. The lowest BCUT2D eigenvalue weighted by molar-refractivity contribution is -0.156. The molecule has 3 nitrogen and oxygen atoms in total. The van der Waals surface area contributed by atoms with Crippen LogP contribution in [0.4, 0.5) is 0 Å². The predicted molar refractivity (Wildman–Crippen MR) is 77.4 cm³/mol. The quantitative estimate of drug-likeness (QED) is 0.417. The molecule has 0 N–H and O–H groups in total. The Labute approximate surface area is 124 Å². The summed E-state index contributed by atoms with van der Waals surface area (Å²) in [6.45, 7) is 4.06. The highest BCUT2D eigenvalue weighted by Gasteiger charge is 2.74. The number of rotatable bonds is 0. The normalized spacial score (nSPS) is 40.3. The van der Waals surface area contributed by atoms with E-state index in [1.54, 1.807) is 0 Å². The number of hydrogen-bond donors (Lipinski definition) is 0. The molecule has 108 valence electrons. The third kappa shape index (κ3) is 1.18. The number of benzene rings is 1. The van der Waals surface area contributed by atoms with E-state index in [4.69, 9.17) is 4.74 Å². The second kappa shape index (κ2) is 3.85. The van der Waals surface area contributed by atoms with E-state index in [1.807, 2.05) is 32.0 Å². The first-order chi connectivity index (χ1) is 10.0. The lowest BCUT2D eigenvalue weighted by Gasteiger charge is -2.52. The fourth-order valence-electron chi connectivity index (χ4n) is 4.96. The molecule has 3 aliphatic rings. The van der Waals surface area contributed by atoms with Crippen molar-refractivity contribution in [1.29, 1.82) is 0 Å². The Morgan fingerprint density at radius 2 is 1.76 bits per heavy atom. The van der Waals surface area contributed by atoms with Gasteiger partial charge in [-0.1, -0.05) is 50.3 Å². The summed E-state index contributed by atoms with van der Waals surface area (Å²) in [5.74, 6) is -0.704. The molecule has 4 rings (SSSR count). The third-order valence-corrected chi connectivity index (χ3v) is 5.95. The third-order valence-electron chi connectivity index (χ3n) is 5.95. The highest BCUT2D eigenvalue weighted by atomic mass is 16.6. The molecular weight excluding hydrogens is 264 g/mol. The Hall–Kier alpha value is -1.90. The number of carbonyl (C=O) groups is 2. The number of hydrogen-bond acceptors (Lipinski definition) is 3. The van der Waals surface area contributed by atoms with Crippen LogP contribution >= 0.6 is 0 Å². The van der Waals surface area contributed by atoms with Crippen LogP contribution in [0.3, 0.4) is 0 Å². The summed E-state index contributed by atoms with van der Waals surface area (Å²) < 4.78 is 5.22. The summed E-state index contributed by atoms with van der Waals surface area (Å²) in [5.41, 5.74) is 0.601. The van der Waals surface area contributed by atoms with Crippen molar-refractivity contribution in [3.05, 3.63) is 47.5 Å². The molecule has 3 heteroatoms. The van der Waals surface area contributed by atoms with Crippen LogP contribution in [0, 0.1) is 17.3 Å². The topological polar surface area (TPSA) is 43.4 Å². The van der Waals surface area contributed by atoms with Gasteiger partial charge in [0.25, 0.3) is 0 Å². The molecule has 0 radical (unpaired) electrons.